The van der Waals surface area contributed by atoms with Crippen molar-refractivity contribution in [3.8, 4) is 0 Å². The number of piperazine rings is 1. The highest BCUT2D eigenvalue weighted by atomic mass is 35.5. The molecule has 1 aliphatic heterocycles. The van der Waals surface area contributed by atoms with Gasteiger partial charge in [-0.3, -0.25) is 4.90 Å². The van der Waals surface area contributed by atoms with Gasteiger partial charge in [0.25, 0.3) is 0 Å². The van der Waals surface area contributed by atoms with Gasteiger partial charge in [0.1, 0.15) is 5.82 Å². The molecule has 0 bridgehead atoms. The second-order valence-electron chi connectivity index (χ2n) is 4.50. The molecule has 3 nitrogen and oxygen atoms in total. The molecule has 1 saturated heterocycles. The van der Waals surface area contributed by atoms with Gasteiger partial charge in [-0.25, -0.2) is 4.98 Å². The quantitative estimate of drug-likeness (QED) is 0.798. The van der Waals surface area contributed by atoms with Crippen molar-refractivity contribution >= 4 is 17.4 Å². The fraction of sp³-hybridized carbons (Fsp3) is 0.583. The molecule has 19 heavy (non-hydrogen) atoms. The maximum Gasteiger partial charge on any atom is 0.401 e. The van der Waals surface area contributed by atoms with Crippen molar-refractivity contribution in [2.75, 3.05) is 37.6 Å². The Bertz CT molecular complexity index is 417. The van der Waals surface area contributed by atoms with Crippen molar-refractivity contribution in [3.05, 3.63) is 23.9 Å². The van der Waals surface area contributed by atoms with Gasteiger partial charge >= 0.3 is 6.18 Å². The fourth-order valence-electron chi connectivity index (χ4n) is 2.19. The van der Waals surface area contributed by atoms with Crippen molar-refractivity contribution in [1.82, 2.24) is 9.88 Å². The predicted molar refractivity (Wildman–Crippen MR) is 68.5 cm³/mol. The minimum absolute atomic E-state index is 0.353. The molecule has 0 saturated carbocycles. The topological polar surface area (TPSA) is 19.4 Å². The molecule has 7 heteroatoms. The summed E-state index contributed by atoms with van der Waals surface area (Å²) in [5.41, 5.74) is 0.911. The molecular formula is C12H15ClF3N3. The molecule has 0 N–H and O–H groups in total. The molecule has 0 radical (unpaired) electrons. The molecule has 2 rings (SSSR count). The van der Waals surface area contributed by atoms with Gasteiger partial charge < -0.3 is 4.90 Å². The van der Waals surface area contributed by atoms with E-state index in [1.165, 1.54) is 4.90 Å². The third-order valence-corrected chi connectivity index (χ3v) is 3.37. The summed E-state index contributed by atoms with van der Waals surface area (Å²) < 4.78 is 36.9. The van der Waals surface area contributed by atoms with Crippen LogP contribution in [-0.4, -0.2) is 48.8 Å². The van der Waals surface area contributed by atoms with E-state index in [4.69, 9.17) is 11.6 Å². The van der Waals surface area contributed by atoms with E-state index in [2.05, 4.69) is 4.98 Å². The van der Waals surface area contributed by atoms with Gasteiger partial charge in [0.05, 0.1) is 12.4 Å². The number of rotatable bonds is 3. The zero-order chi connectivity index (χ0) is 13.9. The lowest BCUT2D eigenvalue weighted by Crippen LogP contribution is -2.49. The average molecular weight is 294 g/mol. The summed E-state index contributed by atoms with van der Waals surface area (Å²) in [6.07, 6.45) is -2.46. The molecule has 0 amide bonds. The zero-order valence-corrected chi connectivity index (χ0v) is 11.1. The summed E-state index contributed by atoms with van der Waals surface area (Å²) in [6, 6.07) is 3.69. The van der Waals surface area contributed by atoms with Crippen LogP contribution in [-0.2, 0) is 5.88 Å². The van der Waals surface area contributed by atoms with Crippen LogP contribution in [0.5, 0.6) is 0 Å². The molecule has 2 heterocycles. The van der Waals surface area contributed by atoms with Crippen LogP contribution in [0.4, 0.5) is 19.0 Å². The van der Waals surface area contributed by atoms with Crippen molar-refractivity contribution in [2.45, 2.75) is 12.1 Å². The number of alkyl halides is 4. The Balaban J connectivity index is 1.96. The molecule has 1 fully saturated rings. The molecule has 1 aliphatic rings. The van der Waals surface area contributed by atoms with Gasteiger partial charge in [-0.05, 0) is 6.07 Å². The Morgan fingerprint density at radius 1 is 1.21 bits per heavy atom. The van der Waals surface area contributed by atoms with Crippen molar-refractivity contribution < 1.29 is 13.2 Å². The first-order valence-electron chi connectivity index (χ1n) is 6.03. The van der Waals surface area contributed by atoms with Crippen molar-refractivity contribution in [1.29, 1.82) is 0 Å². The normalized spacial score (nSPS) is 17.8. The number of nitrogens with zero attached hydrogens (tertiary/aromatic N) is 3. The van der Waals surface area contributed by atoms with Gasteiger partial charge in [0.15, 0.2) is 0 Å². The summed E-state index contributed by atoms with van der Waals surface area (Å²) in [5, 5.41) is 0. The van der Waals surface area contributed by atoms with Crippen LogP contribution in [0.15, 0.2) is 18.3 Å². The van der Waals surface area contributed by atoms with Crippen LogP contribution in [0.3, 0.4) is 0 Å². The minimum atomic E-state index is -4.13. The van der Waals surface area contributed by atoms with Gasteiger partial charge in [-0.15, -0.1) is 11.6 Å². The Labute approximate surface area is 115 Å². The predicted octanol–water partition coefficient (Wildman–Crippen LogP) is 2.50. The van der Waals surface area contributed by atoms with Crippen molar-refractivity contribution in [3.63, 3.8) is 0 Å². The van der Waals surface area contributed by atoms with E-state index < -0.39 is 12.7 Å². The van der Waals surface area contributed by atoms with E-state index in [0.29, 0.717) is 32.1 Å². The number of halogens is 4. The summed E-state index contributed by atoms with van der Waals surface area (Å²) in [5.74, 6) is 1.13. The molecule has 106 valence electrons. The molecule has 0 aromatic carbocycles. The summed E-state index contributed by atoms with van der Waals surface area (Å²) in [7, 11) is 0. The molecule has 0 atom stereocenters. The summed E-state index contributed by atoms with van der Waals surface area (Å²) in [4.78, 5) is 7.68. The summed E-state index contributed by atoms with van der Waals surface area (Å²) >= 11 is 5.84. The lowest BCUT2D eigenvalue weighted by molar-refractivity contribution is -0.146. The molecule has 1 aromatic heterocycles. The Morgan fingerprint density at radius 3 is 2.47 bits per heavy atom. The van der Waals surface area contributed by atoms with Crippen LogP contribution in [0.2, 0.25) is 0 Å². The van der Waals surface area contributed by atoms with Crippen LogP contribution in [0.25, 0.3) is 0 Å². The highest BCUT2D eigenvalue weighted by Gasteiger charge is 2.32. The van der Waals surface area contributed by atoms with E-state index >= 15 is 0 Å². The third-order valence-electron chi connectivity index (χ3n) is 3.09. The number of anilines is 1. The first kappa shape index (κ1) is 14.4. The van der Waals surface area contributed by atoms with E-state index in [-0.39, 0.29) is 0 Å². The summed E-state index contributed by atoms with van der Waals surface area (Å²) in [6.45, 7) is 1.01. The van der Waals surface area contributed by atoms with Gasteiger partial charge in [-0.2, -0.15) is 13.2 Å². The molecular weight excluding hydrogens is 279 g/mol. The van der Waals surface area contributed by atoms with E-state index in [0.717, 1.165) is 11.4 Å². The van der Waals surface area contributed by atoms with E-state index in [9.17, 15) is 13.2 Å². The maximum absolute atomic E-state index is 12.3. The van der Waals surface area contributed by atoms with Gasteiger partial charge in [0.2, 0.25) is 0 Å². The molecule has 1 aromatic rings. The number of hydrogen-bond donors (Lipinski definition) is 0. The van der Waals surface area contributed by atoms with Crippen molar-refractivity contribution in [2.24, 2.45) is 0 Å². The minimum Gasteiger partial charge on any atom is -0.354 e. The first-order chi connectivity index (χ1) is 8.99. The second kappa shape index (κ2) is 5.96. The number of aromatic nitrogens is 1. The Kier molecular flexibility index (Phi) is 4.52. The Morgan fingerprint density at radius 2 is 1.89 bits per heavy atom. The van der Waals surface area contributed by atoms with E-state index in [1.807, 2.05) is 11.0 Å². The second-order valence-corrected chi connectivity index (χ2v) is 4.77. The first-order valence-corrected chi connectivity index (χ1v) is 6.57. The SMILES string of the molecule is FC(F)(F)CN1CCN(c2ncccc2CCl)CC1. The van der Waals surface area contributed by atoms with Crippen LogP contribution < -0.4 is 4.90 Å². The molecule has 0 unspecified atom stereocenters. The molecule has 0 aliphatic carbocycles. The Hall–Kier alpha value is -1.01. The lowest BCUT2D eigenvalue weighted by Gasteiger charge is -2.36. The largest absolute Gasteiger partial charge is 0.401 e. The van der Waals surface area contributed by atoms with Crippen LogP contribution in [0.1, 0.15) is 5.56 Å². The number of pyridine rings is 1. The monoisotopic (exact) mass is 293 g/mol. The fourth-order valence-corrected chi connectivity index (χ4v) is 2.40. The number of hydrogen-bond acceptors (Lipinski definition) is 3. The smallest absolute Gasteiger partial charge is 0.354 e. The van der Waals surface area contributed by atoms with E-state index in [1.54, 1.807) is 12.3 Å². The zero-order valence-electron chi connectivity index (χ0n) is 10.3. The molecule has 0 spiro atoms. The average Bonchev–Trinajstić information content (AvgIpc) is 2.38. The van der Waals surface area contributed by atoms with Gasteiger partial charge in [-0.1, -0.05) is 6.07 Å². The highest BCUT2D eigenvalue weighted by molar-refractivity contribution is 6.17. The standard InChI is InChI=1S/C12H15ClF3N3/c13-8-10-2-1-3-17-11(10)19-6-4-18(5-7-19)9-12(14,15)16/h1-3H,4-9H2. The van der Waals surface area contributed by atoms with Crippen LogP contribution in [0, 0.1) is 0 Å². The maximum atomic E-state index is 12.3. The van der Waals surface area contributed by atoms with Crippen LogP contribution >= 0.6 is 11.6 Å². The van der Waals surface area contributed by atoms with Gasteiger partial charge in [0, 0.05) is 37.9 Å². The highest BCUT2D eigenvalue weighted by Crippen LogP contribution is 2.22. The third kappa shape index (κ3) is 3.98. The lowest BCUT2D eigenvalue weighted by atomic mass is 10.2.